The molecule has 0 amide bonds. The smallest absolute Gasteiger partial charge is 0.0727 e. The molecule has 1 unspecified atom stereocenters. The second kappa shape index (κ2) is 3.94. The van der Waals surface area contributed by atoms with Crippen molar-refractivity contribution in [2.24, 2.45) is 5.92 Å². The molecule has 2 heteroatoms. The van der Waals surface area contributed by atoms with Crippen LogP contribution >= 0.6 is 0 Å². The fraction of sp³-hybridized carbons (Fsp3) is 1.00. The van der Waals surface area contributed by atoms with Crippen LogP contribution in [0.1, 0.15) is 19.8 Å². The highest BCUT2D eigenvalue weighted by Gasteiger charge is 2.30. The zero-order valence-electron chi connectivity index (χ0n) is 6.89. The van der Waals surface area contributed by atoms with Crippen molar-refractivity contribution < 1.29 is 4.74 Å². The minimum atomic E-state index is 0.481. The summed E-state index contributed by atoms with van der Waals surface area (Å²) in [5, 5.41) is 3.15. The van der Waals surface area contributed by atoms with Crippen molar-refractivity contribution in [1.82, 2.24) is 5.32 Å². The molecule has 0 aromatic heterocycles. The van der Waals surface area contributed by atoms with Gasteiger partial charge in [0, 0.05) is 13.2 Å². The molecule has 10 heavy (non-hydrogen) atoms. The molecule has 0 spiro atoms. The average Bonchev–Trinajstić information content (AvgIpc) is 2.69. The van der Waals surface area contributed by atoms with Gasteiger partial charge in [0.25, 0.3) is 0 Å². The fourth-order valence-electron chi connectivity index (χ4n) is 1.24. The Morgan fingerprint density at radius 2 is 2.30 bits per heavy atom. The summed E-state index contributed by atoms with van der Waals surface area (Å²) in [5.41, 5.74) is 0. The van der Waals surface area contributed by atoms with Gasteiger partial charge in [-0.25, -0.2) is 0 Å². The lowest BCUT2D eigenvalue weighted by molar-refractivity contribution is 0.0487. The maximum atomic E-state index is 5.54. The van der Waals surface area contributed by atoms with Crippen LogP contribution in [-0.4, -0.2) is 26.3 Å². The molecule has 1 atom stereocenters. The molecule has 0 heterocycles. The van der Waals surface area contributed by atoms with E-state index < -0.39 is 0 Å². The number of likely N-dealkylation sites (N-methyl/N-ethyl adjacent to an activating group) is 1. The molecule has 1 aliphatic rings. The van der Waals surface area contributed by atoms with Crippen LogP contribution in [0.3, 0.4) is 0 Å². The zero-order valence-corrected chi connectivity index (χ0v) is 6.89. The predicted octanol–water partition coefficient (Wildman–Crippen LogP) is 1.02. The standard InChI is InChI=1S/C8H17NO/c1-3-10-8(6-9-2)7-4-5-7/h7-9H,3-6H2,1-2H3. The third-order valence-electron chi connectivity index (χ3n) is 1.93. The molecule has 0 radical (unpaired) electrons. The third kappa shape index (κ3) is 2.27. The van der Waals surface area contributed by atoms with Crippen molar-refractivity contribution in [2.75, 3.05) is 20.2 Å². The summed E-state index contributed by atoms with van der Waals surface area (Å²) < 4.78 is 5.54. The van der Waals surface area contributed by atoms with Crippen LogP contribution in [-0.2, 0) is 4.74 Å². The summed E-state index contributed by atoms with van der Waals surface area (Å²) >= 11 is 0. The molecule has 2 nitrogen and oxygen atoms in total. The van der Waals surface area contributed by atoms with E-state index in [9.17, 15) is 0 Å². The number of hydrogen-bond donors (Lipinski definition) is 1. The molecule has 1 saturated carbocycles. The van der Waals surface area contributed by atoms with E-state index in [1.165, 1.54) is 12.8 Å². The lowest BCUT2D eigenvalue weighted by Crippen LogP contribution is -2.28. The molecular formula is C8H17NO. The van der Waals surface area contributed by atoms with Crippen molar-refractivity contribution in [2.45, 2.75) is 25.9 Å². The highest BCUT2D eigenvalue weighted by Crippen LogP contribution is 2.33. The average molecular weight is 143 g/mol. The Morgan fingerprint density at radius 1 is 1.60 bits per heavy atom. The summed E-state index contributed by atoms with van der Waals surface area (Å²) in [6.07, 6.45) is 3.22. The summed E-state index contributed by atoms with van der Waals surface area (Å²) in [4.78, 5) is 0. The van der Waals surface area contributed by atoms with E-state index in [1.807, 2.05) is 7.05 Å². The first-order chi connectivity index (χ1) is 4.88. The quantitative estimate of drug-likeness (QED) is 0.620. The maximum absolute atomic E-state index is 5.54. The van der Waals surface area contributed by atoms with Gasteiger partial charge in [0.15, 0.2) is 0 Å². The lowest BCUT2D eigenvalue weighted by atomic mass is 10.2. The Bertz CT molecular complexity index is 85.3. The van der Waals surface area contributed by atoms with Gasteiger partial charge in [-0.2, -0.15) is 0 Å². The highest BCUT2D eigenvalue weighted by molar-refractivity contribution is 4.82. The van der Waals surface area contributed by atoms with Gasteiger partial charge in [-0.15, -0.1) is 0 Å². The van der Waals surface area contributed by atoms with Crippen molar-refractivity contribution in [3.05, 3.63) is 0 Å². The van der Waals surface area contributed by atoms with E-state index >= 15 is 0 Å². The van der Waals surface area contributed by atoms with E-state index in [0.29, 0.717) is 6.10 Å². The monoisotopic (exact) mass is 143 g/mol. The number of ether oxygens (including phenoxy) is 1. The first-order valence-electron chi connectivity index (χ1n) is 4.14. The Labute approximate surface area is 63.0 Å². The van der Waals surface area contributed by atoms with Crippen LogP contribution in [0.4, 0.5) is 0 Å². The Morgan fingerprint density at radius 3 is 2.70 bits per heavy atom. The van der Waals surface area contributed by atoms with Crippen molar-refractivity contribution in [3.63, 3.8) is 0 Å². The van der Waals surface area contributed by atoms with Gasteiger partial charge in [0.2, 0.25) is 0 Å². The summed E-state index contributed by atoms with van der Waals surface area (Å²) in [6.45, 7) is 3.92. The van der Waals surface area contributed by atoms with E-state index in [-0.39, 0.29) is 0 Å². The van der Waals surface area contributed by atoms with Gasteiger partial charge in [0.1, 0.15) is 0 Å². The van der Waals surface area contributed by atoms with Gasteiger partial charge in [-0.3, -0.25) is 0 Å². The van der Waals surface area contributed by atoms with Crippen LogP contribution < -0.4 is 5.32 Å². The van der Waals surface area contributed by atoms with Crippen LogP contribution in [0.5, 0.6) is 0 Å². The van der Waals surface area contributed by atoms with E-state index in [2.05, 4.69) is 12.2 Å². The second-order valence-corrected chi connectivity index (χ2v) is 2.89. The van der Waals surface area contributed by atoms with Gasteiger partial charge < -0.3 is 10.1 Å². The van der Waals surface area contributed by atoms with Gasteiger partial charge >= 0.3 is 0 Å². The molecular weight excluding hydrogens is 126 g/mol. The normalized spacial score (nSPS) is 21.0. The molecule has 0 aromatic rings. The minimum absolute atomic E-state index is 0.481. The van der Waals surface area contributed by atoms with Gasteiger partial charge in [0.05, 0.1) is 6.10 Å². The molecule has 0 saturated heterocycles. The SMILES string of the molecule is CCOC(CNC)C1CC1. The number of hydrogen-bond acceptors (Lipinski definition) is 2. The van der Waals surface area contributed by atoms with Crippen LogP contribution in [0.15, 0.2) is 0 Å². The molecule has 1 rings (SSSR count). The van der Waals surface area contributed by atoms with Crippen molar-refractivity contribution in [1.29, 1.82) is 0 Å². The third-order valence-corrected chi connectivity index (χ3v) is 1.93. The Hall–Kier alpha value is -0.0800. The minimum Gasteiger partial charge on any atom is -0.377 e. The highest BCUT2D eigenvalue weighted by atomic mass is 16.5. The summed E-state index contributed by atoms with van der Waals surface area (Å²) in [7, 11) is 1.98. The van der Waals surface area contributed by atoms with E-state index in [1.54, 1.807) is 0 Å². The molecule has 0 bridgehead atoms. The van der Waals surface area contributed by atoms with Crippen LogP contribution in [0.25, 0.3) is 0 Å². The zero-order chi connectivity index (χ0) is 7.40. The van der Waals surface area contributed by atoms with Crippen LogP contribution in [0, 0.1) is 5.92 Å². The number of rotatable bonds is 5. The van der Waals surface area contributed by atoms with Crippen molar-refractivity contribution in [3.8, 4) is 0 Å². The number of nitrogens with one attached hydrogen (secondary N) is 1. The van der Waals surface area contributed by atoms with Crippen LogP contribution in [0.2, 0.25) is 0 Å². The predicted molar refractivity (Wildman–Crippen MR) is 42.1 cm³/mol. The fourth-order valence-corrected chi connectivity index (χ4v) is 1.24. The Balaban J connectivity index is 2.13. The van der Waals surface area contributed by atoms with E-state index in [0.717, 1.165) is 19.1 Å². The van der Waals surface area contributed by atoms with Gasteiger partial charge in [-0.05, 0) is 32.7 Å². The second-order valence-electron chi connectivity index (χ2n) is 2.89. The summed E-state index contributed by atoms with van der Waals surface area (Å²) in [6, 6.07) is 0. The molecule has 1 fully saturated rings. The van der Waals surface area contributed by atoms with Gasteiger partial charge in [-0.1, -0.05) is 0 Å². The topological polar surface area (TPSA) is 21.3 Å². The molecule has 0 aliphatic heterocycles. The van der Waals surface area contributed by atoms with E-state index in [4.69, 9.17) is 4.74 Å². The molecule has 60 valence electrons. The lowest BCUT2D eigenvalue weighted by Gasteiger charge is -2.14. The molecule has 1 aliphatic carbocycles. The first kappa shape index (κ1) is 8.02. The molecule has 1 N–H and O–H groups in total. The molecule has 0 aromatic carbocycles. The first-order valence-corrected chi connectivity index (χ1v) is 4.14. The summed E-state index contributed by atoms with van der Waals surface area (Å²) in [5.74, 6) is 0.854. The Kier molecular flexibility index (Phi) is 3.16. The van der Waals surface area contributed by atoms with Crippen molar-refractivity contribution >= 4 is 0 Å². The largest absolute Gasteiger partial charge is 0.377 e. The maximum Gasteiger partial charge on any atom is 0.0727 e.